The number of carbonyl (C=O) groups is 1. The van der Waals surface area contributed by atoms with E-state index in [1.165, 1.54) is 0 Å². The zero-order valence-electron chi connectivity index (χ0n) is 14.9. The third-order valence-corrected chi connectivity index (χ3v) is 6.01. The number of rotatable bonds is 4. The van der Waals surface area contributed by atoms with Gasteiger partial charge >= 0.3 is 0 Å². The number of pyridine rings is 1. The van der Waals surface area contributed by atoms with Crippen LogP contribution in [0.15, 0.2) is 6.20 Å². The number of hydrogen-bond donors (Lipinski definition) is 0. The molecule has 0 N–H and O–H groups in total. The maximum atomic E-state index is 12.7. The highest BCUT2D eigenvalue weighted by Crippen LogP contribution is 2.27. The predicted molar refractivity (Wildman–Crippen MR) is 97.6 cm³/mol. The van der Waals surface area contributed by atoms with Gasteiger partial charge in [-0.25, -0.2) is 0 Å². The van der Waals surface area contributed by atoms with Crippen molar-refractivity contribution in [1.29, 1.82) is 0 Å². The van der Waals surface area contributed by atoms with Gasteiger partial charge in [0.15, 0.2) is 0 Å². The Hall–Kier alpha value is -1.27. The second kappa shape index (κ2) is 7.74. The Bertz CT molecular complexity index is 602. The Labute approximate surface area is 148 Å². The molecule has 0 bridgehead atoms. The topological polar surface area (TPSA) is 45.7 Å². The van der Waals surface area contributed by atoms with Crippen molar-refractivity contribution in [3.8, 4) is 5.75 Å². The van der Waals surface area contributed by atoms with Crippen molar-refractivity contribution in [2.75, 3.05) is 44.8 Å². The van der Waals surface area contributed by atoms with Gasteiger partial charge in [0.2, 0.25) is 5.91 Å². The molecular formula is C18H27N3O2S. The van der Waals surface area contributed by atoms with Crippen LogP contribution >= 0.6 is 11.8 Å². The van der Waals surface area contributed by atoms with Crippen LogP contribution in [0.3, 0.4) is 0 Å². The molecule has 3 heterocycles. The molecule has 0 aliphatic carbocycles. The fourth-order valence-corrected chi connectivity index (χ4v) is 4.57. The van der Waals surface area contributed by atoms with E-state index in [1.54, 1.807) is 7.11 Å². The zero-order chi connectivity index (χ0) is 17.1. The molecule has 0 aromatic carbocycles. The van der Waals surface area contributed by atoms with E-state index in [0.29, 0.717) is 5.91 Å². The number of aromatic nitrogens is 1. The van der Waals surface area contributed by atoms with E-state index in [2.05, 4.69) is 21.7 Å². The number of ether oxygens (including phenoxy) is 1. The van der Waals surface area contributed by atoms with Gasteiger partial charge in [0.05, 0.1) is 18.7 Å². The van der Waals surface area contributed by atoms with Crippen LogP contribution in [0.5, 0.6) is 5.75 Å². The van der Waals surface area contributed by atoms with Crippen LogP contribution in [0.2, 0.25) is 0 Å². The number of aryl methyl sites for hydroxylation is 1. The molecule has 1 aromatic heterocycles. The summed E-state index contributed by atoms with van der Waals surface area (Å²) in [6.07, 6.45) is 2.84. The lowest BCUT2D eigenvalue weighted by molar-refractivity contribution is -0.134. The maximum Gasteiger partial charge on any atom is 0.227 e. The van der Waals surface area contributed by atoms with Gasteiger partial charge in [-0.05, 0) is 26.8 Å². The smallest absolute Gasteiger partial charge is 0.227 e. The van der Waals surface area contributed by atoms with E-state index < -0.39 is 0 Å². The molecule has 2 saturated heterocycles. The summed E-state index contributed by atoms with van der Waals surface area (Å²) in [4.78, 5) is 21.7. The summed E-state index contributed by atoms with van der Waals surface area (Å²) in [6, 6.07) is 0. The molecular weight excluding hydrogens is 322 g/mol. The van der Waals surface area contributed by atoms with Gasteiger partial charge in [0, 0.05) is 55.0 Å². The molecule has 6 heteroatoms. The molecule has 24 heavy (non-hydrogen) atoms. The van der Waals surface area contributed by atoms with Gasteiger partial charge in [-0.2, -0.15) is 11.8 Å². The minimum absolute atomic E-state index is 0.153. The van der Waals surface area contributed by atoms with E-state index >= 15 is 0 Å². The van der Waals surface area contributed by atoms with E-state index in [0.717, 1.165) is 73.2 Å². The van der Waals surface area contributed by atoms with Crippen molar-refractivity contribution in [2.24, 2.45) is 5.92 Å². The largest absolute Gasteiger partial charge is 0.496 e. The van der Waals surface area contributed by atoms with Gasteiger partial charge in [0.25, 0.3) is 0 Å². The number of hydrogen-bond acceptors (Lipinski definition) is 5. The molecule has 1 amide bonds. The highest BCUT2D eigenvalue weighted by atomic mass is 32.2. The van der Waals surface area contributed by atoms with Gasteiger partial charge in [-0.1, -0.05) is 0 Å². The van der Waals surface area contributed by atoms with Crippen molar-refractivity contribution in [1.82, 2.24) is 14.8 Å². The molecule has 2 aliphatic rings. The summed E-state index contributed by atoms with van der Waals surface area (Å²) < 4.78 is 5.50. The van der Waals surface area contributed by atoms with Crippen LogP contribution in [-0.2, 0) is 11.3 Å². The van der Waals surface area contributed by atoms with Crippen molar-refractivity contribution < 1.29 is 9.53 Å². The Kier molecular flexibility index (Phi) is 5.66. The van der Waals surface area contributed by atoms with Crippen LogP contribution in [0.4, 0.5) is 0 Å². The summed E-state index contributed by atoms with van der Waals surface area (Å²) in [5.41, 5.74) is 3.23. The lowest BCUT2D eigenvalue weighted by atomic mass is 10.1. The Morgan fingerprint density at radius 1 is 1.33 bits per heavy atom. The van der Waals surface area contributed by atoms with Crippen molar-refractivity contribution in [2.45, 2.75) is 26.8 Å². The highest BCUT2D eigenvalue weighted by molar-refractivity contribution is 7.99. The minimum atomic E-state index is 0.153. The number of thioether (sulfide) groups is 1. The van der Waals surface area contributed by atoms with Crippen LogP contribution in [0.25, 0.3) is 0 Å². The lowest BCUT2D eigenvalue weighted by Crippen LogP contribution is -2.42. The number of amides is 1. The normalized spacial score (nSPS) is 22.0. The van der Waals surface area contributed by atoms with E-state index in [4.69, 9.17) is 4.74 Å². The van der Waals surface area contributed by atoms with Gasteiger partial charge in [-0.15, -0.1) is 0 Å². The van der Waals surface area contributed by atoms with Crippen LogP contribution in [0, 0.1) is 19.8 Å². The molecule has 0 spiro atoms. The second-order valence-electron chi connectivity index (χ2n) is 6.70. The highest BCUT2D eigenvalue weighted by Gasteiger charge is 2.32. The molecule has 1 atom stereocenters. The average Bonchev–Trinajstić information content (AvgIpc) is 3.07. The summed E-state index contributed by atoms with van der Waals surface area (Å²) in [7, 11) is 1.71. The standard InChI is InChI=1S/C18H27N3O2S/c1-13-10-19-16(14(2)17(13)23-3)12-20-5-4-15(11-20)18(22)21-6-8-24-9-7-21/h10,15H,4-9,11-12H2,1-3H3. The monoisotopic (exact) mass is 349 g/mol. The van der Waals surface area contributed by atoms with Gasteiger partial charge in [0.1, 0.15) is 5.75 Å². The Morgan fingerprint density at radius 3 is 2.79 bits per heavy atom. The molecule has 5 nitrogen and oxygen atoms in total. The molecule has 1 unspecified atom stereocenters. The maximum absolute atomic E-state index is 12.7. The Balaban J connectivity index is 1.61. The van der Waals surface area contributed by atoms with Crippen molar-refractivity contribution >= 4 is 17.7 Å². The molecule has 1 aromatic rings. The van der Waals surface area contributed by atoms with Gasteiger partial charge < -0.3 is 9.64 Å². The average molecular weight is 350 g/mol. The number of nitrogens with zero attached hydrogens (tertiary/aromatic N) is 3. The van der Waals surface area contributed by atoms with Gasteiger partial charge in [-0.3, -0.25) is 14.7 Å². The zero-order valence-corrected chi connectivity index (χ0v) is 15.7. The summed E-state index contributed by atoms with van der Waals surface area (Å²) >= 11 is 1.94. The second-order valence-corrected chi connectivity index (χ2v) is 7.93. The first kappa shape index (κ1) is 17.5. The summed E-state index contributed by atoms with van der Waals surface area (Å²) in [5.74, 6) is 3.59. The molecule has 0 radical (unpaired) electrons. The first-order valence-electron chi connectivity index (χ1n) is 8.68. The molecule has 2 aliphatic heterocycles. The number of carbonyl (C=O) groups excluding carboxylic acids is 1. The first-order chi connectivity index (χ1) is 11.6. The summed E-state index contributed by atoms with van der Waals surface area (Å²) in [5, 5.41) is 0. The molecule has 2 fully saturated rings. The minimum Gasteiger partial charge on any atom is -0.496 e. The lowest BCUT2D eigenvalue weighted by Gasteiger charge is -2.29. The Morgan fingerprint density at radius 2 is 2.08 bits per heavy atom. The fourth-order valence-electron chi connectivity index (χ4n) is 3.66. The van der Waals surface area contributed by atoms with E-state index in [1.807, 2.05) is 24.9 Å². The number of methoxy groups -OCH3 is 1. The van der Waals surface area contributed by atoms with Crippen LogP contribution in [0.1, 0.15) is 23.2 Å². The third-order valence-electron chi connectivity index (χ3n) is 5.07. The SMILES string of the molecule is COc1c(C)cnc(CN2CCC(C(=O)N3CCSCC3)C2)c1C. The van der Waals surface area contributed by atoms with Crippen molar-refractivity contribution in [3.63, 3.8) is 0 Å². The van der Waals surface area contributed by atoms with E-state index in [-0.39, 0.29) is 5.92 Å². The fraction of sp³-hybridized carbons (Fsp3) is 0.667. The molecule has 3 rings (SSSR count). The predicted octanol–water partition coefficient (Wildman–Crippen LogP) is 2.10. The van der Waals surface area contributed by atoms with E-state index in [9.17, 15) is 4.79 Å². The first-order valence-corrected chi connectivity index (χ1v) is 9.83. The quantitative estimate of drug-likeness (QED) is 0.833. The molecule has 132 valence electrons. The molecule has 0 saturated carbocycles. The van der Waals surface area contributed by atoms with Crippen LogP contribution in [-0.4, -0.2) is 65.5 Å². The summed E-state index contributed by atoms with van der Waals surface area (Å²) in [6.45, 7) is 8.52. The van der Waals surface area contributed by atoms with Crippen LogP contribution < -0.4 is 4.74 Å². The number of likely N-dealkylation sites (tertiary alicyclic amines) is 1. The third kappa shape index (κ3) is 3.70. The van der Waals surface area contributed by atoms with Crippen molar-refractivity contribution in [3.05, 3.63) is 23.0 Å².